The molecule has 0 amide bonds. The van der Waals surface area contributed by atoms with Crippen LogP contribution in [0.2, 0.25) is 0 Å². The minimum absolute atomic E-state index is 0.217. The average Bonchev–Trinajstić information content (AvgIpc) is 2.78. The molecule has 3 rings (SSSR count). The van der Waals surface area contributed by atoms with Crippen LogP contribution in [0.3, 0.4) is 0 Å². The van der Waals surface area contributed by atoms with E-state index in [-0.39, 0.29) is 12.0 Å². The van der Waals surface area contributed by atoms with E-state index in [1.54, 1.807) is 12.1 Å². The molecule has 31 heavy (non-hydrogen) atoms. The molecule has 0 bridgehead atoms. The quantitative estimate of drug-likeness (QED) is 0.463. The third-order valence-electron chi connectivity index (χ3n) is 5.47. The number of benzene rings is 2. The van der Waals surface area contributed by atoms with Crippen molar-refractivity contribution in [1.82, 2.24) is 0 Å². The molecule has 1 aliphatic rings. The van der Waals surface area contributed by atoms with Gasteiger partial charge < -0.3 is 19.7 Å². The first-order valence-corrected chi connectivity index (χ1v) is 11.0. The first-order valence-electron chi connectivity index (χ1n) is 11.0. The van der Waals surface area contributed by atoms with Gasteiger partial charge in [0.2, 0.25) is 0 Å². The number of anilines is 3. The van der Waals surface area contributed by atoms with Gasteiger partial charge >= 0.3 is 5.97 Å². The van der Waals surface area contributed by atoms with Crippen LogP contribution < -0.4 is 15.0 Å². The third kappa shape index (κ3) is 5.99. The Bertz CT molecular complexity index is 919. The molecule has 164 valence electrons. The van der Waals surface area contributed by atoms with Crippen LogP contribution in [0.4, 0.5) is 17.1 Å². The minimum Gasteiger partial charge on any atom is -0.426 e. The molecule has 1 atom stereocenters. The van der Waals surface area contributed by atoms with Gasteiger partial charge in [-0.25, -0.2) is 0 Å². The lowest BCUT2D eigenvalue weighted by Gasteiger charge is -2.40. The molecule has 0 aromatic heterocycles. The van der Waals surface area contributed by atoms with Crippen LogP contribution >= 0.6 is 0 Å². The van der Waals surface area contributed by atoms with Gasteiger partial charge in [-0.15, -0.1) is 0 Å². The Balaban J connectivity index is 1.92. The second-order valence-corrected chi connectivity index (χ2v) is 8.15. The topological polar surface area (TPSA) is 74.6 Å². The lowest BCUT2D eigenvalue weighted by molar-refractivity contribution is -0.134. The van der Waals surface area contributed by atoms with Gasteiger partial charge in [0.1, 0.15) is 5.75 Å². The Morgan fingerprint density at radius 1 is 1.29 bits per heavy atom. The summed E-state index contributed by atoms with van der Waals surface area (Å²) in [5.74, 6) is 0.732. The van der Waals surface area contributed by atoms with E-state index in [1.165, 1.54) is 0 Å². The number of unbranched alkanes of at least 4 members (excludes halogenated alkanes) is 1. The second kappa shape index (κ2) is 10.8. The highest BCUT2D eigenvalue weighted by molar-refractivity contribution is 5.79. The van der Waals surface area contributed by atoms with Gasteiger partial charge in [-0.3, -0.25) is 4.79 Å². The van der Waals surface area contributed by atoms with Crippen LogP contribution in [0, 0.1) is 17.2 Å². The van der Waals surface area contributed by atoms with Gasteiger partial charge in [0, 0.05) is 24.7 Å². The number of rotatable bonds is 8. The van der Waals surface area contributed by atoms with Crippen molar-refractivity contribution in [2.75, 3.05) is 30.0 Å². The summed E-state index contributed by atoms with van der Waals surface area (Å²) in [6.07, 6.45) is 2.18. The van der Waals surface area contributed by atoms with Crippen molar-refractivity contribution in [3.8, 4) is 11.8 Å². The number of ether oxygens (including phenoxy) is 2. The number of morpholine rings is 1. The Labute approximate surface area is 184 Å². The highest BCUT2D eigenvalue weighted by Crippen LogP contribution is 2.36. The second-order valence-electron chi connectivity index (χ2n) is 8.15. The Morgan fingerprint density at radius 3 is 2.74 bits per heavy atom. The van der Waals surface area contributed by atoms with Crippen LogP contribution in [0.1, 0.15) is 45.6 Å². The lowest BCUT2D eigenvalue weighted by Crippen LogP contribution is -2.48. The van der Waals surface area contributed by atoms with Gasteiger partial charge in [0.05, 0.1) is 42.3 Å². The minimum atomic E-state index is -0.217. The highest BCUT2D eigenvalue weighted by atomic mass is 16.5. The molecule has 0 radical (unpaired) electrons. The van der Waals surface area contributed by atoms with E-state index < -0.39 is 0 Å². The van der Waals surface area contributed by atoms with Gasteiger partial charge in [-0.2, -0.15) is 5.26 Å². The van der Waals surface area contributed by atoms with E-state index in [9.17, 15) is 4.79 Å². The van der Waals surface area contributed by atoms with Crippen molar-refractivity contribution in [3.63, 3.8) is 0 Å². The first kappa shape index (κ1) is 22.6. The summed E-state index contributed by atoms with van der Waals surface area (Å²) in [7, 11) is 0. The molecule has 0 saturated carbocycles. The van der Waals surface area contributed by atoms with Crippen molar-refractivity contribution >= 4 is 23.0 Å². The fraction of sp³-hybridized carbons (Fsp3) is 0.440. The molecular formula is C25H31N3O3. The van der Waals surface area contributed by atoms with Crippen LogP contribution in [0.25, 0.3) is 0 Å². The molecule has 0 aliphatic carbocycles. The summed E-state index contributed by atoms with van der Waals surface area (Å²) in [4.78, 5) is 14.5. The number of nitriles is 1. The van der Waals surface area contributed by atoms with Crippen molar-refractivity contribution in [3.05, 3.63) is 48.0 Å². The van der Waals surface area contributed by atoms with E-state index in [2.05, 4.69) is 37.1 Å². The molecular weight excluding hydrogens is 390 g/mol. The molecule has 6 nitrogen and oxygen atoms in total. The molecule has 1 fully saturated rings. The molecule has 1 saturated heterocycles. The SMILES string of the molecule is CCCCC(=O)Oc1ccc(N2CCOC[C@H]2C(C)C)c(Nc2ccc(C#N)cc2)c1. The zero-order valence-corrected chi connectivity index (χ0v) is 18.6. The van der Waals surface area contributed by atoms with E-state index >= 15 is 0 Å². The average molecular weight is 422 g/mol. The Kier molecular flexibility index (Phi) is 7.91. The maximum Gasteiger partial charge on any atom is 0.311 e. The van der Waals surface area contributed by atoms with Gasteiger partial charge in [0.25, 0.3) is 0 Å². The van der Waals surface area contributed by atoms with E-state index in [0.29, 0.717) is 36.9 Å². The van der Waals surface area contributed by atoms with E-state index in [0.717, 1.165) is 36.4 Å². The molecule has 2 aromatic rings. The standard InChI is InChI=1S/C25H31N3O3/c1-4-5-6-25(29)31-21-11-12-23(28-13-14-30-17-24(28)18(2)3)22(15-21)27-20-9-7-19(16-26)8-10-20/h7-12,15,18,24,27H,4-6,13-14,17H2,1-3H3/t24-/m0/s1. The predicted molar refractivity (Wildman–Crippen MR) is 123 cm³/mol. The van der Waals surface area contributed by atoms with Crippen molar-refractivity contribution in [2.24, 2.45) is 5.92 Å². The summed E-state index contributed by atoms with van der Waals surface area (Å²) < 4.78 is 11.3. The number of nitrogens with zero attached hydrogens (tertiary/aromatic N) is 2. The van der Waals surface area contributed by atoms with E-state index in [4.69, 9.17) is 14.7 Å². The van der Waals surface area contributed by atoms with Crippen LogP contribution in [0.5, 0.6) is 5.75 Å². The zero-order valence-electron chi connectivity index (χ0n) is 18.6. The van der Waals surface area contributed by atoms with Crippen LogP contribution in [-0.2, 0) is 9.53 Å². The summed E-state index contributed by atoms with van der Waals surface area (Å²) in [6, 6.07) is 15.5. The number of hydrogen-bond acceptors (Lipinski definition) is 6. The monoisotopic (exact) mass is 421 g/mol. The highest BCUT2D eigenvalue weighted by Gasteiger charge is 2.28. The zero-order chi connectivity index (χ0) is 22.2. The predicted octanol–water partition coefficient (Wildman–Crippen LogP) is 5.26. The molecule has 1 heterocycles. The molecule has 0 spiro atoms. The number of esters is 1. The molecule has 1 aliphatic heterocycles. The number of carbonyl (C=O) groups is 1. The Morgan fingerprint density at radius 2 is 2.06 bits per heavy atom. The molecule has 0 unspecified atom stereocenters. The fourth-order valence-electron chi connectivity index (χ4n) is 3.69. The molecule has 6 heteroatoms. The normalized spacial score (nSPS) is 16.1. The van der Waals surface area contributed by atoms with Crippen molar-refractivity contribution in [1.29, 1.82) is 5.26 Å². The summed E-state index contributed by atoms with van der Waals surface area (Å²) in [6.45, 7) is 8.60. The van der Waals surface area contributed by atoms with Gasteiger partial charge in [-0.05, 0) is 48.7 Å². The fourth-order valence-corrected chi connectivity index (χ4v) is 3.69. The van der Waals surface area contributed by atoms with Crippen LogP contribution in [-0.4, -0.2) is 31.8 Å². The summed E-state index contributed by atoms with van der Waals surface area (Å²) in [5, 5.41) is 12.5. The third-order valence-corrected chi connectivity index (χ3v) is 5.47. The number of nitrogens with one attached hydrogen (secondary N) is 1. The maximum atomic E-state index is 12.1. The molecule has 2 aromatic carbocycles. The largest absolute Gasteiger partial charge is 0.426 e. The van der Waals surface area contributed by atoms with Crippen molar-refractivity contribution < 1.29 is 14.3 Å². The smallest absolute Gasteiger partial charge is 0.311 e. The van der Waals surface area contributed by atoms with Crippen LogP contribution in [0.15, 0.2) is 42.5 Å². The van der Waals surface area contributed by atoms with E-state index in [1.807, 2.05) is 30.3 Å². The molecule has 1 N–H and O–H groups in total. The Hall–Kier alpha value is -3.04. The van der Waals surface area contributed by atoms with Crippen molar-refractivity contribution in [2.45, 2.75) is 46.1 Å². The number of carbonyl (C=O) groups excluding carboxylic acids is 1. The van der Waals surface area contributed by atoms with Gasteiger partial charge in [-0.1, -0.05) is 27.2 Å². The summed E-state index contributed by atoms with van der Waals surface area (Å²) >= 11 is 0. The van der Waals surface area contributed by atoms with Gasteiger partial charge in [0.15, 0.2) is 0 Å². The first-order chi connectivity index (χ1) is 15.0. The number of hydrogen-bond donors (Lipinski definition) is 1. The summed E-state index contributed by atoms with van der Waals surface area (Å²) in [5.41, 5.74) is 3.37. The lowest BCUT2D eigenvalue weighted by atomic mass is 10.0. The maximum absolute atomic E-state index is 12.1.